The summed E-state index contributed by atoms with van der Waals surface area (Å²) in [7, 11) is 0. The van der Waals surface area contributed by atoms with E-state index in [-0.39, 0.29) is 11.9 Å². The van der Waals surface area contributed by atoms with Gasteiger partial charge in [0, 0.05) is 0 Å². The van der Waals surface area contributed by atoms with Gasteiger partial charge < -0.3 is 9.73 Å². The molecule has 2 rings (SSSR count). The average molecular weight is 298 g/mol. The largest absolute Gasteiger partial charge is 0.452 e. The van der Waals surface area contributed by atoms with Crippen LogP contribution in [0.2, 0.25) is 0 Å². The van der Waals surface area contributed by atoms with Crippen LogP contribution in [-0.4, -0.2) is 0 Å². The number of nitrogens with one attached hydrogen (secondary N) is 1. The molecule has 1 atom stereocenters. The van der Waals surface area contributed by atoms with Crippen LogP contribution in [0.3, 0.4) is 0 Å². The summed E-state index contributed by atoms with van der Waals surface area (Å²) in [5.74, 6) is 0.505. The Bertz CT molecular complexity index is 524. The molecule has 0 amide bonds. The molecule has 0 aliphatic heterocycles. The van der Waals surface area contributed by atoms with Crippen molar-refractivity contribution in [2.75, 3.05) is 5.32 Å². The van der Waals surface area contributed by atoms with E-state index < -0.39 is 0 Å². The maximum Gasteiger partial charge on any atom is 0.169 e. The number of furan rings is 1. The van der Waals surface area contributed by atoms with Crippen LogP contribution in [0.4, 0.5) is 10.1 Å². The second-order valence-corrected chi connectivity index (χ2v) is 4.77. The summed E-state index contributed by atoms with van der Waals surface area (Å²) in [6.45, 7) is 3.85. The first-order valence-corrected chi connectivity index (χ1v) is 6.13. The van der Waals surface area contributed by atoms with E-state index in [1.807, 2.05) is 26.0 Å². The van der Waals surface area contributed by atoms with E-state index in [2.05, 4.69) is 21.2 Å². The number of hydrogen-bond acceptors (Lipinski definition) is 2. The third-order valence-electron chi connectivity index (χ3n) is 2.51. The molecular weight excluding hydrogens is 285 g/mol. The summed E-state index contributed by atoms with van der Waals surface area (Å²) in [6.07, 6.45) is 0. The van der Waals surface area contributed by atoms with E-state index in [1.165, 1.54) is 6.07 Å². The zero-order chi connectivity index (χ0) is 12.4. The SMILES string of the molecule is Cc1ccc(F)c(NC(C)c2ccc(Br)o2)c1. The van der Waals surface area contributed by atoms with Gasteiger partial charge in [-0.15, -0.1) is 0 Å². The lowest BCUT2D eigenvalue weighted by atomic mass is 10.2. The maximum atomic E-state index is 13.5. The predicted molar refractivity (Wildman–Crippen MR) is 69.6 cm³/mol. The molecule has 2 aromatic rings. The van der Waals surface area contributed by atoms with Gasteiger partial charge in [0.1, 0.15) is 11.6 Å². The van der Waals surface area contributed by atoms with E-state index in [1.54, 1.807) is 12.1 Å². The van der Waals surface area contributed by atoms with E-state index >= 15 is 0 Å². The number of rotatable bonds is 3. The number of benzene rings is 1. The fourth-order valence-corrected chi connectivity index (χ4v) is 1.93. The van der Waals surface area contributed by atoms with Crippen molar-refractivity contribution in [3.05, 3.63) is 52.1 Å². The second kappa shape index (κ2) is 4.92. The van der Waals surface area contributed by atoms with Crippen LogP contribution in [0.5, 0.6) is 0 Å². The van der Waals surface area contributed by atoms with Gasteiger partial charge in [-0.2, -0.15) is 0 Å². The molecule has 2 nitrogen and oxygen atoms in total. The molecule has 0 fully saturated rings. The summed E-state index contributed by atoms with van der Waals surface area (Å²) in [4.78, 5) is 0. The molecule has 0 aliphatic carbocycles. The molecule has 0 bridgehead atoms. The molecule has 4 heteroatoms. The summed E-state index contributed by atoms with van der Waals surface area (Å²) in [6, 6.07) is 8.58. The quantitative estimate of drug-likeness (QED) is 0.891. The molecule has 90 valence electrons. The smallest absolute Gasteiger partial charge is 0.169 e. The van der Waals surface area contributed by atoms with E-state index in [0.29, 0.717) is 10.4 Å². The first kappa shape index (κ1) is 12.2. The van der Waals surface area contributed by atoms with Crippen LogP contribution in [0, 0.1) is 12.7 Å². The van der Waals surface area contributed by atoms with Gasteiger partial charge in [-0.1, -0.05) is 6.07 Å². The number of aryl methyl sites for hydroxylation is 1. The highest BCUT2D eigenvalue weighted by molar-refractivity contribution is 9.10. The standard InChI is InChI=1S/C13H13BrFNO/c1-8-3-4-10(15)11(7-8)16-9(2)12-5-6-13(14)17-12/h3-7,9,16H,1-2H3. The first-order chi connectivity index (χ1) is 8.06. The van der Waals surface area contributed by atoms with E-state index in [0.717, 1.165) is 11.3 Å². The maximum absolute atomic E-state index is 13.5. The van der Waals surface area contributed by atoms with Gasteiger partial charge in [0.25, 0.3) is 0 Å². The monoisotopic (exact) mass is 297 g/mol. The molecule has 0 spiro atoms. The summed E-state index contributed by atoms with van der Waals surface area (Å²) in [5.41, 5.74) is 1.51. The Morgan fingerprint density at radius 3 is 2.71 bits per heavy atom. The van der Waals surface area contributed by atoms with Gasteiger partial charge >= 0.3 is 0 Å². The average Bonchev–Trinajstić information content (AvgIpc) is 2.70. The van der Waals surface area contributed by atoms with Crippen molar-refractivity contribution in [1.29, 1.82) is 0 Å². The zero-order valence-electron chi connectivity index (χ0n) is 9.63. The number of halogens is 2. The Kier molecular flexibility index (Phi) is 3.52. The van der Waals surface area contributed by atoms with Crippen molar-refractivity contribution >= 4 is 21.6 Å². The molecule has 0 saturated heterocycles. The van der Waals surface area contributed by atoms with Crippen molar-refractivity contribution in [1.82, 2.24) is 0 Å². The highest BCUT2D eigenvalue weighted by atomic mass is 79.9. The van der Waals surface area contributed by atoms with Gasteiger partial charge in [0.15, 0.2) is 4.67 Å². The minimum absolute atomic E-state index is 0.0856. The van der Waals surface area contributed by atoms with Gasteiger partial charge in [-0.3, -0.25) is 0 Å². The fraction of sp³-hybridized carbons (Fsp3) is 0.231. The van der Waals surface area contributed by atoms with Crippen LogP contribution in [0.1, 0.15) is 24.3 Å². The third-order valence-corrected chi connectivity index (χ3v) is 2.94. The third kappa shape index (κ3) is 2.88. The lowest BCUT2D eigenvalue weighted by molar-refractivity contribution is 0.470. The van der Waals surface area contributed by atoms with Crippen LogP contribution in [0.15, 0.2) is 39.4 Å². The normalized spacial score (nSPS) is 12.5. The molecule has 17 heavy (non-hydrogen) atoms. The molecule has 0 saturated carbocycles. The lowest BCUT2D eigenvalue weighted by Crippen LogP contribution is -2.07. The van der Waals surface area contributed by atoms with Gasteiger partial charge in [0.05, 0.1) is 11.7 Å². The van der Waals surface area contributed by atoms with Crippen LogP contribution in [-0.2, 0) is 0 Å². The van der Waals surface area contributed by atoms with Gasteiger partial charge in [0.2, 0.25) is 0 Å². The first-order valence-electron chi connectivity index (χ1n) is 5.34. The Morgan fingerprint density at radius 2 is 2.06 bits per heavy atom. The van der Waals surface area contributed by atoms with Crippen LogP contribution < -0.4 is 5.32 Å². The van der Waals surface area contributed by atoms with Crippen molar-refractivity contribution in [3.8, 4) is 0 Å². The molecule has 1 N–H and O–H groups in total. The Labute approximate surface area is 108 Å². The summed E-state index contributed by atoms with van der Waals surface area (Å²) in [5, 5.41) is 3.09. The Hall–Kier alpha value is -1.29. The molecule has 1 heterocycles. The van der Waals surface area contributed by atoms with Crippen molar-refractivity contribution in [2.45, 2.75) is 19.9 Å². The molecule has 1 aromatic heterocycles. The Balaban J connectivity index is 2.18. The zero-order valence-corrected chi connectivity index (χ0v) is 11.2. The summed E-state index contributed by atoms with van der Waals surface area (Å²) >= 11 is 3.24. The van der Waals surface area contributed by atoms with Crippen molar-refractivity contribution < 1.29 is 8.81 Å². The molecular formula is C13H13BrFNO. The van der Waals surface area contributed by atoms with Gasteiger partial charge in [-0.05, 0) is 59.6 Å². The molecule has 0 aliphatic rings. The fourth-order valence-electron chi connectivity index (χ4n) is 1.62. The van der Waals surface area contributed by atoms with Crippen LogP contribution >= 0.6 is 15.9 Å². The van der Waals surface area contributed by atoms with Gasteiger partial charge in [-0.25, -0.2) is 4.39 Å². The number of anilines is 1. The predicted octanol–water partition coefficient (Wildman–Crippen LogP) is 4.66. The van der Waals surface area contributed by atoms with Crippen molar-refractivity contribution in [3.63, 3.8) is 0 Å². The molecule has 0 radical (unpaired) electrons. The highest BCUT2D eigenvalue weighted by Crippen LogP contribution is 2.25. The topological polar surface area (TPSA) is 25.2 Å². The highest BCUT2D eigenvalue weighted by Gasteiger charge is 2.11. The minimum atomic E-state index is -0.256. The number of hydrogen-bond donors (Lipinski definition) is 1. The molecule has 1 aromatic carbocycles. The molecule has 1 unspecified atom stereocenters. The van der Waals surface area contributed by atoms with Crippen LogP contribution in [0.25, 0.3) is 0 Å². The van der Waals surface area contributed by atoms with E-state index in [9.17, 15) is 4.39 Å². The van der Waals surface area contributed by atoms with E-state index in [4.69, 9.17) is 4.42 Å². The second-order valence-electron chi connectivity index (χ2n) is 3.99. The summed E-state index contributed by atoms with van der Waals surface area (Å²) < 4.78 is 19.6. The Morgan fingerprint density at radius 1 is 1.29 bits per heavy atom. The van der Waals surface area contributed by atoms with Crippen molar-refractivity contribution in [2.24, 2.45) is 0 Å². The minimum Gasteiger partial charge on any atom is -0.452 e. The lowest BCUT2D eigenvalue weighted by Gasteiger charge is -2.14.